The van der Waals surface area contributed by atoms with E-state index in [0.29, 0.717) is 5.76 Å². The number of carboxylic acid groups (broad SMARTS) is 1. The van der Waals surface area contributed by atoms with Gasteiger partial charge in [0.2, 0.25) is 5.91 Å². The summed E-state index contributed by atoms with van der Waals surface area (Å²) in [5.74, 6) is -3.33. The van der Waals surface area contributed by atoms with E-state index >= 15 is 0 Å². The molecule has 0 radical (unpaired) electrons. The summed E-state index contributed by atoms with van der Waals surface area (Å²) in [4.78, 5) is 39.9. The van der Waals surface area contributed by atoms with E-state index in [9.17, 15) is 19.5 Å². The van der Waals surface area contributed by atoms with Crippen molar-refractivity contribution in [2.24, 2.45) is 23.7 Å². The summed E-state index contributed by atoms with van der Waals surface area (Å²) in [6.45, 7) is 3.60. The normalized spacial score (nSPS) is 45.9. The third-order valence-corrected chi connectivity index (χ3v) is 6.63. The van der Waals surface area contributed by atoms with Gasteiger partial charge in [-0.3, -0.25) is 14.4 Å². The highest BCUT2D eigenvalue weighted by molar-refractivity contribution is 5.96. The van der Waals surface area contributed by atoms with Crippen molar-refractivity contribution in [1.29, 1.82) is 0 Å². The summed E-state index contributed by atoms with van der Waals surface area (Å²) in [5, 5.41) is 9.68. The molecule has 0 saturated carbocycles. The van der Waals surface area contributed by atoms with Crippen LogP contribution >= 0.6 is 0 Å². The Hall–Kier alpha value is -2.41. The monoisotopic (exact) mass is 357 g/mol. The number of aliphatic carboxylic acids is 1. The Morgan fingerprint density at radius 2 is 2.04 bits per heavy atom. The summed E-state index contributed by atoms with van der Waals surface area (Å²) in [7, 11) is 0. The lowest BCUT2D eigenvalue weighted by molar-refractivity contribution is -0.156. The Labute approximate surface area is 149 Å². The van der Waals surface area contributed by atoms with Gasteiger partial charge in [0.05, 0.1) is 30.4 Å². The molecule has 26 heavy (non-hydrogen) atoms. The third kappa shape index (κ3) is 1.60. The molecule has 4 aliphatic rings. The number of ketones is 1. The lowest BCUT2D eigenvalue weighted by atomic mass is 9.69. The lowest BCUT2D eigenvalue weighted by Gasteiger charge is -2.46. The molecule has 0 aromatic carbocycles. The summed E-state index contributed by atoms with van der Waals surface area (Å²) in [5.41, 5.74) is -1.05. The number of piperidine rings is 1. The molecule has 136 valence electrons. The first-order valence-electron chi connectivity index (χ1n) is 8.88. The molecule has 1 aromatic rings. The first kappa shape index (κ1) is 15.8. The van der Waals surface area contributed by atoms with Gasteiger partial charge in [0.25, 0.3) is 0 Å². The van der Waals surface area contributed by atoms with Crippen LogP contribution in [0, 0.1) is 23.7 Å². The number of nitrogens with zero attached hydrogens (tertiary/aromatic N) is 1. The zero-order valence-electron chi connectivity index (χ0n) is 14.4. The number of fused-ring (bicyclic) bond motifs is 2. The highest BCUT2D eigenvalue weighted by Gasteiger charge is 2.75. The van der Waals surface area contributed by atoms with Crippen molar-refractivity contribution in [1.82, 2.24) is 4.90 Å². The average molecular weight is 357 g/mol. The third-order valence-electron chi connectivity index (χ3n) is 6.63. The quantitative estimate of drug-likeness (QED) is 0.804. The zero-order chi connectivity index (χ0) is 18.4. The first-order valence-corrected chi connectivity index (χ1v) is 8.88. The van der Waals surface area contributed by atoms with Crippen LogP contribution in [0.4, 0.5) is 0 Å². The first-order chi connectivity index (χ1) is 12.4. The Morgan fingerprint density at radius 3 is 2.69 bits per heavy atom. The van der Waals surface area contributed by atoms with Gasteiger partial charge in [-0.05, 0) is 12.1 Å². The second kappa shape index (κ2) is 4.85. The molecular formula is C19H19NO6. The molecule has 8 atom stereocenters. The number of Topliss-reactive ketones (excluding diaryl/α,β-unsaturated/α-hetero) is 1. The Bertz CT molecular complexity index is 844. The minimum atomic E-state index is -1.05. The number of ether oxygens (including phenoxy) is 1. The van der Waals surface area contributed by atoms with Crippen LogP contribution in [0.1, 0.15) is 25.6 Å². The van der Waals surface area contributed by atoms with Crippen LogP contribution < -0.4 is 0 Å². The van der Waals surface area contributed by atoms with Gasteiger partial charge >= 0.3 is 5.97 Å². The maximum atomic E-state index is 13.4. The van der Waals surface area contributed by atoms with Crippen LogP contribution in [0.5, 0.6) is 0 Å². The number of hydrogen-bond donors (Lipinski definition) is 1. The average Bonchev–Trinajstić information content (AvgIpc) is 3.35. The zero-order valence-corrected chi connectivity index (χ0v) is 14.4. The summed E-state index contributed by atoms with van der Waals surface area (Å²) in [6.07, 6.45) is 4.43. The summed E-state index contributed by atoms with van der Waals surface area (Å²) in [6, 6.07) is 2.41. The highest BCUT2D eigenvalue weighted by atomic mass is 16.5. The fourth-order valence-electron chi connectivity index (χ4n) is 5.65. The Morgan fingerprint density at radius 1 is 1.27 bits per heavy atom. The molecule has 1 aromatic heterocycles. The highest BCUT2D eigenvalue weighted by Crippen LogP contribution is 2.60. The molecule has 7 heteroatoms. The predicted octanol–water partition coefficient (Wildman–Crippen LogP) is 1.41. The molecule has 4 aliphatic heterocycles. The molecule has 0 aliphatic carbocycles. The number of carbonyl (C=O) groups is 3. The molecule has 3 fully saturated rings. The second-order valence-electron chi connectivity index (χ2n) is 7.77. The summed E-state index contributed by atoms with van der Waals surface area (Å²) < 4.78 is 11.6. The fourth-order valence-corrected chi connectivity index (χ4v) is 5.65. The number of hydrogen-bond acceptors (Lipinski definition) is 5. The number of amides is 1. The van der Waals surface area contributed by atoms with Crippen molar-refractivity contribution >= 4 is 17.7 Å². The molecule has 2 bridgehead atoms. The molecular weight excluding hydrogens is 338 g/mol. The minimum absolute atomic E-state index is 0.0368. The van der Waals surface area contributed by atoms with E-state index in [1.54, 1.807) is 37.0 Å². The van der Waals surface area contributed by atoms with Gasteiger partial charge in [-0.1, -0.05) is 26.0 Å². The van der Waals surface area contributed by atoms with E-state index in [1.165, 1.54) is 6.26 Å². The minimum Gasteiger partial charge on any atom is -0.481 e. The van der Waals surface area contributed by atoms with E-state index in [1.807, 2.05) is 6.08 Å². The Balaban J connectivity index is 1.69. The molecule has 3 saturated heterocycles. The van der Waals surface area contributed by atoms with Crippen molar-refractivity contribution < 1.29 is 28.6 Å². The summed E-state index contributed by atoms with van der Waals surface area (Å²) >= 11 is 0. The van der Waals surface area contributed by atoms with E-state index < -0.39 is 53.4 Å². The number of carbonyl (C=O) groups excluding carboxylic acids is 2. The van der Waals surface area contributed by atoms with Crippen LogP contribution in [0.15, 0.2) is 35.0 Å². The van der Waals surface area contributed by atoms with Gasteiger partial charge in [0.1, 0.15) is 23.1 Å². The van der Waals surface area contributed by atoms with Crippen molar-refractivity contribution in [2.45, 2.75) is 37.6 Å². The maximum Gasteiger partial charge on any atom is 0.310 e. The largest absolute Gasteiger partial charge is 0.481 e. The smallest absolute Gasteiger partial charge is 0.310 e. The van der Waals surface area contributed by atoms with Gasteiger partial charge in [-0.15, -0.1) is 0 Å². The number of furan rings is 1. The van der Waals surface area contributed by atoms with Gasteiger partial charge in [0, 0.05) is 11.8 Å². The van der Waals surface area contributed by atoms with Gasteiger partial charge < -0.3 is 19.2 Å². The topological polar surface area (TPSA) is 97.1 Å². The van der Waals surface area contributed by atoms with E-state index in [-0.39, 0.29) is 11.7 Å². The SMILES string of the molecule is C[C@H]1C(=O)[C@H](C)[C@H]2N(C(=O)[C@H]3[C@@H](C(=O)O)[C@H]4C=C[C@]32O4)[C@H]1c1ccco1. The molecule has 1 spiro atoms. The molecule has 1 amide bonds. The lowest BCUT2D eigenvalue weighted by Crippen LogP contribution is -2.58. The van der Waals surface area contributed by atoms with Gasteiger partial charge in [0.15, 0.2) is 0 Å². The molecule has 1 N–H and O–H groups in total. The molecule has 7 nitrogen and oxygen atoms in total. The van der Waals surface area contributed by atoms with Gasteiger partial charge in [-0.2, -0.15) is 0 Å². The predicted molar refractivity (Wildman–Crippen MR) is 86.8 cm³/mol. The van der Waals surface area contributed by atoms with Crippen molar-refractivity contribution in [2.75, 3.05) is 0 Å². The molecule has 5 rings (SSSR count). The van der Waals surface area contributed by atoms with Crippen molar-refractivity contribution in [3.05, 3.63) is 36.3 Å². The van der Waals surface area contributed by atoms with E-state index in [2.05, 4.69) is 0 Å². The van der Waals surface area contributed by atoms with Crippen LogP contribution in [0.3, 0.4) is 0 Å². The number of rotatable bonds is 2. The van der Waals surface area contributed by atoms with E-state index in [4.69, 9.17) is 9.15 Å². The van der Waals surface area contributed by atoms with Crippen LogP contribution in [0.25, 0.3) is 0 Å². The van der Waals surface area contributed by atoms with Crippen LogP contribution in [-0.4, -0.2) is 45.4 Å². The van der Waals surface area contributed by atoms with Crippen LogP contribution in [-0.2, 0) is 19.1 Å². The maximum absolute atomic E-state index is 13.4. The second-order valence-corrected chi connectivity index (χ2v) is 7.77. The number of carboxylic acids is 1. The standard InChI is InChI=1S/C19H19NO6/c1-8-14(11-4-3-7-25-11)20-16(9(2)15(8)21)19-6-5-10(26-19)12(18(23)24)13(19)17(20)22/h3-10,12-14,16H,1-2H3,(H,23,24)/t8-,9+,10-,12+,13-,14-,16-,19+/m1/s1. The van der Waals surface area contributed by atoms with Gasteiger partial charge in [-0.25, -0.2) is 0 Å². The van der Waals surface area contributed by atoms with Crippen molar-refractivity contribution in [3.8, 4) is 0 Å². The fraction of sp³-hybridized carbons (Fsp3) is 0.526. The van der Waals surface area contributed by atoms with Crippen molar-refractivity contribution in [3.63, 3.8) is 0 Å². The molecule has 0 unspecified atom stereocenters. The van der Waals surface area contributed by atoms with E-state index in [0.717, 1.165) is 0 Å². The van der Waals surface area contributed by atoms with Crippen LogP contribution in [0.2, 0.25) is 0 Å². The Kier molecular flexibility index (Phi) is 2.95. The molecule has 5 heterocycles.